The first-order chi connectivity index (χ1) is 9.58. The van der Waals surface area contributed by atoms with E-state index in [9.17, 15) is 4.79 Å². The summed E-state index contributed by atoms with van der Waals surface area (Å²) in [5, 5.41) is 2.95. The summed E-state index contributed by atoms with van der Waals surface area (Å²) in [5.74, 6) is 1.10. The molecule has 0 unspecified atom stereocenters. The van der Waals surface area contributed by atoms with E-state index in [2.05, 4.69) is 25.9 Å². The van der Waals surface area contributed by atoms with E-state index < -0.39 is 0 Å². The fourth-order valence-corrected chi connectivity index (χ4v) is 2.51. The Hall–Kier alpha value is -1.97. The molecule has 1 heterocycles. The maximum absolute atomic E-state index is 12.2. The van der Waals surface area contributed by atoms with E-state index >= 15 is 0 Å². The highest BCUT2D eigenvalue weighted by atomic mass is 16.5. The first-order valence-electron chi connectivity index (χ1n) is 7.06. The van der Waals surface area contributed by atoms with Crippen LogP contribution in [0.4, 0.5) is 0 Å². The SMILES string of the molecule is CCCc1c(C(C)C)n(-c2ccc(OC)cc2)[nH]c1=O. The monoisotopic (exact) mass is 274 g/mol. The molecule has 1 aromatic carbocycles. The van der Waals surface area contributed by atoms with Gasteiger partial charge in [0, 0.05) is 5.56 Å². The molecule has 0 aliphatic rings. The van der Waals surface area contributed by atoms with Crippen molar-refractivity contribution in [3.63, 3.8) is 0 Å². The number of nitrogens with one attached hydrogen (secondary N) is 1. The van der Waals surface area contributed by atoms with Crippen molar-refractivity contribution in [1.29, 1.82) is 0 Å². The van der Waals surface area contributed by atoms with Crippen molar-refractivity contribution in [1.82, 2.24) is 9.78 Å². The van der Waals surface area contributed by atoms with Crippen LogP contribution in [0.3, 0.4) is 0 Å². The number of aromatic nitrogens is 2. The molecule has 1 aromatic heterocycles. The molecule has 0 saturated carbocycles. The zero-order valence-corrected chi connectivity index (χ0v) is 12.6. The molecule has 0 bridgehead atoms. The number of hydrogen-bond donors (Lipinski definition) is 1. The highest BCUT2D eigenvalue weighted by Crippen LogP contribution is 2.23. The predicted molar refractivity (Wildman–Crippen MR) is 81.0 cm³/mol. The van der Waals surface area contributed by atoms with E-state index in [0.29, 0.717) is 0 Å². The standard InChI is InChI=1S/C16H22N2O2/c1-5-6-14-15(11(2)3)18(17-16(14)19)12-7-9-13(20-4)10-8-12/h7-11H,5-6H2,1-4H3,(H,17,19). The fraction of sp³-hybridized carbons (Fsp3) is 0.438. The Morgan fingerprint density at radius 1 is 1.25 bits per heavy atom. The molecule has 4 heteroatoms. The summed E-state index contributed by atoms with van der Waals surface area (Å²) in [6, 6.07) is 7.71. The van der Waals surface area contributed by atoms with Gasteiger partial charge < -0.3 is 4.74 Å². The Bertz CT molecular complexity index is 621. The molecule has 1 N–H and O–H groups in total. The number of nitrogens with zero attached hydrogens (tertiary/aromatic N) is 1. The summed E-state index contributed by atoms with van der Waals surface area (Å²) in [4.78, 5) is 12.2. The first kappa shape index (κ1) is 14.4. The number of H-pyrrole nitrogens is 1. The lowest BCUT2D eigenvalue weighted by atomic mass is 10.0. The van der Waals surface area contributed by atoms with Crippen molar-refractivity contribution >= 4 is 0 Å². The minimum Gasteiger partial charge on any atom is -0.497 e. The second-order valence-electron chi connectivity index (χ2n) is 5.24. The zero-order valence-electron chi connectivity index (χ0n) is 12.6. The van der Waals surface area contributed by atoms with Gasteiger partial charge in [-0.05, 0) is 36.6 Å². The summed E-state index contributed by atoms with van der Waals surface area (Å²) in [6.45, 7) is 6.32. The third-order valence-electron chi connectivity index (χ3n) is 3.42. The third kappa shape index (κ3) is 2.64. The summed E-state index contributed by atoms with van der Waals surface area (Å²) in [6.07, 6.45) is 1.78. The number of rotatable bonds is 5. The van der Waals surface area contributed by atoms with Crippen LogP contribution in [0.5, 0.6) is 5.75 Å². The molecule has 0 fully saturated rings. The molecule has 0 amide bonds. The Morgan fingerprint density at radius 2 is 1.90 bits per heavy atom. The molecule has 2 rings (SSSR count). The highest BCUT2D eigenvalue weighted by molar-refractivity contribution is 5.40. The lowest BCUT2D eigenvalue weighted by Crippen LogP contribution is -2.07. The van der Waals surface area contributed by atoms with E-state index in [1.165, 1.54) is 0 Å². The normalized spacial score (nSPS) is 11.1. The second-order valence-corrected chi connectivity index (χ2v) is 5.24. The average molecular weight is 274 g/mol. The molecule has 108 valence electrons. The van der Waals surface area contributed by atoms with Gasteiger partial charge >= 0.3 is 0 Å². The molecule has 20 heavy (non-hydrogen) atoms. The van der Waals surface area contributed by atoms with Gasteiger partial charge in [0.25, 0.3) is 5.56 Å². The average Bonchev–Trinajstić information content (AvgIpc) is 2.77. The highest BCUT2D eigenvalue weighted by Gasteiger charge is 2.17. The molecule has 4 nitrogen and oxygen atoms in total. The summed E-state index contributed by atoms with van der Waals surface area (Å²) >= 11 is 0. The van der Waals surface area contributed by atoms with E-state index in [4.69, 9.17) is 4.74 Å². The molecule has 0 saturated heterocycles. The Balaban J connectivity index is 2.55. The molecular formula is C16H22N2O2. The number of ether oxygens (including phenoxy) is 1. The van der Waals surface area contributed by atoms with Crippen molar-refractivity contribution in [3.05, 3.63) is 45.9 Å². The maximum Gasteiger partial charge on any atom is 0.267 e. The number of aromatic amines is 1. The zero-order chi connectivity index (χ0) is 14.7. The van der Waals surface area contributed by atoms with E-state index in [-0.39, 0.29) is 11.5 Å². The Kier molecular flexibility index (Phi) is 4.32. The summed E-state index contributed by atoms with van der Waals surface area (Å²) < 4.78 is 7.07. The van der Waals surface area contributed by atoms with Crippen LogP contribution in [-0.4, -0.2) is 16.9 Å². The van der Waals surface area contributed by atoms with E-state index in [1.807, 2.05) is 28.9 Å². The van der Waals surface area contributed by atoms with Gasteiger partial charge in [-0.1, -0.05) is 27.2 Å². The first-order valence-corrected chi connectivity index (χ1v) is 7.06. The number of methoxy groups -OCH3 is 1. The minimum absolute atomic E-state index is 0.0198. The fourth-order valence-electron chi connectivity index (χ4n) is 2.51. The Labute approximate surface area is 119 Å². The van der Waals surface area contributed by atoms with Crippen molar-refractivity contribution in [2.45, 2.75) is 39.5 Å². The van der Waals surface area contributed by atoms with E-state index in [1.54, 1.807) is 7.11 Å². The molecule has 0 atom stereocenters. The van der Waals surface area contributed by atoms with Crippen LogP contribution in [0.1, 0.15) is 44.4 Å². The van der Waals surface area contributed by atoms with Crippen LogP contribution >= 0.6 is 0 Å². The van der Waals surface area contributed by atoms with Crippen LogP contribution in [0.25, 0.3) is 5.69 Å². The molecule has 2 aromatic rings. The largest absolute Gasteiger partial charge is 0.497 e. The van der Waals surface area contributed by atoms with Gasteiger partial charge in [0.05, 0.1) is 18.5 Å². The second kappa shape index (κ2) is 5.99. The molecule has 0 spiro atoms. The van der Waals surface area contributed by atoms with Crippen molar-refractivity contribution < 1.29 is 4.74 Å². The van der Waals surface area contributed by atoms with Gasteiger partial charge in [0.2, 0.25) is 0 Å². The van der Waals surface area contributed by atoms with Crippen molar-refractivity contribution in [3.8, 4) is 11.4 Å². The van der Waals surface area contributed by atoms with Crippen molar-refractivity contribution in [2.75, 3.05) is 7.11 Å². The number of benzene rings is 1. The summed E-state index contributed by atoms with van der Waals surface area (Å²) in [5.41, 5.74) is 2.95. The predicted octanol–water partition coefficient (Wildman–Crippen LogP) is 3.25. The molecular weight excluding hydrogens is 252 g/mol. The van der Waals surface area contributed by atoms with Crippen LogP contribution in [-0.2, 0) is 6.42 Å². The lowest BCUT2D eigenvalue weighted by molar-refractivity contribution is 0.414. The van der Waals surface area contributed by atoms with Gasteiger partial charge in [-0.25, -0.2) is 0 Å². The van der Waals surface area contributed by atoms with Gasteiger partial charge in [-0.15, -0.1) is 0 Å². The van der Waals surface area contributed by atoms with Gasteiger partial charge in [-0.3, -0.25) is 14.6 Å². The van der Waals surface area contributed by atoms with Crippen LogP contribution in [0.2, 0.25) is 0 Å². The quantitative estimate of drug-likeness (QED) is 0.909. The van der Waals surface area contributed by atoms with Gasteiger partial charge in [-0.2, -0.15) is 0 Å². The van der Waals surface area contributed by atoms with Gasteiger partial charge in [0.15, 0.2) is 0 Å². The lowest BCUT2D eigenvalue weighted by Gasteiger charge is -2.13. The van der Waals surface area contributed by atoms with Crippen LogP contribution in [0.15, 0.2) is 29.1 Å². The van der Waals surface area contributed by atoms with E-state index in [0.717, 1.165) is 35.5 Å². The summed E-state index contributed by atoms with van der Waals surface area (Å²) in [7, 11) is 1.64. The van der Waals surface area contributed by atoms with Crippen molar-refractivity contribution in [2.24, 2.45) is 0 Å². The third-order valence-corrected chi connectivity index (χ3v) is 3.42. The Morgan fingerprint density at radius 3 is 2.40 bits per heavy atom. The minimum atomic E-state index is 0.0198. The van der Waals surface area contributed by atoms with Crippen LogP contribution < -0.4 is 10.3 Å². The van der Waals surface area contributed by atoms with Crippen LogP contribution in [0, 0.1) is 0 Å². The smallest absolute Gasteiger partial charge is 0.267 e. The maximum atomic E-state index is 12.2. The topological polar surface area (TPSA) is 47.0 Å². The number of hydrogen-bond acceptors (Lipinski definition) is 2. The van der Waals surface area contributed by atoms with Gasteiger partial charge in [0.1, 0.15) is 5.75 Å². The molecule has 0 radical (unpaired) electrons. The molecule has 0 aliphatic carbocycles. The molecule has 0 aliphatic heterocycles.